The molecule has 34 heavy (non-hydrogen) atoms. The Hall–Kier alpha value is -2.36. The van der Waals surface area contributed by atoms with Crippen LogP contribution >= 0.6 is 20.2 Å². The van der Waals surface area contributed by atoms with Crippen molar-refractivity contribution < 1.29 is 17.6 Å². The standard InChI is InChI=1S/C28H28N2O.2ClH.Fe/c1-17-11-9-12-18(2)25(17)29-21(5)27-23-15-7-8-16-24(23)28(31-27)22(6)30-26-19(3)13-10-14-20(26)4;;;/h7-16H,1-6H3;2*1H;/q;;;+2/p-1. The molecule has 0 aliphatic carbocycles. The van der Waals surface area contributed by atoms with Gasteiger partial charge in [-0.05, 0) is 75.9 Å². The van der Waals surface area contributed by atoms with Crippen LogP contribution in [-0.4, -0.2) is 11.4 Å². The minimum atomic E-state index is 0.194. The van der Waals surface area contributed by atoms with Crippen LogP contribution in [0.4, 0.5) is 11.4 Å². The van der Waals surface area contributed by atoms with Crippen LogP contribution in [0.25, 0.3) is 10.8 Å². The van der Waals surface area contributed by atoms with E-state index in [0.717, 1.165) is 45.1 Å². The first-order valence-corrected chi connectivity index (χ1v) is 14.0. The van der Waals surface area contributed by atoms with Crippen molar-refractivity contribution in [2.75, 3.05) is 0 Å². The molecule has 0 radical (unpaired) electrons. The third-order valence-electron chi connectivity index (χ3n) is 5.78. The first-order valence-electron chi connectivity index (χ1n) is 10.9. The summed E-state index contributed by atoms with van der Waals surface area (Å²) >= 11 is 0.194. The number of nitrogens with zero attached hydrogens (tertiary/aromatic N) is 2. The van der Waals surface area contributed by atoms with Gasteiger partial charge < -0.3 is 4.42 Å². The van der Waals surface area contributed by atoms with Gasteiger partial charge in [-0.15, -0.1) is 0 Å². The molecule has 0 fully saturated rings. The summed E-state index contributed by atoms with van der Waals surface area (Å²) in [6.45, 7) is 12.5. The van der Waals surface area contributed by atoms with Crippen molar-refractivity contribution in [1.29, 1.82) is 0 Å². The van der Waals surface area contributed by atoms with E-state index in [9.17, 15) is 0 Å². The Morgan fingerprint density at radius 2 is 0.941 bits per heavy atom. The molecule has 6 heteroatoms. The second-order valence-electron chi connectivity index (χ2n) is 8.28. The number of furan rings is 1. The third kappa shape index (κ3) is 5.82. The summed E-state index contributed by atoms with van der Waals surface area (Å²) in [5, 5.41) is 2.22. The molecule has 1 aromatic heterocycles. The summed E-state index contributed by atoms with van der Waals surface area (Å²) in [7, 11) is 9.53. The van der Waals surface area contributed by atoms with Gasteiger partial charge in [0, 0.05) is 0 Å². The van der Waals surface area contributed by atoms with Gasteiger partial charge >= 0.3 is 33.3 Å². The van der Waals surface area contributed by atoms with Crippen LogP contribution in [0.2, 0.25) is 0 Å². The average Bonchev–Trinajstić information content (AvgIpc) is 3.19. The van der Waals surface area contributed by atoms with E-state index in [1.54, 1.807) is 0 Å². The molecule has 0 aliphatic heterocycles. The topological polar surface area (TPSA) is 37.5 Å². The number of hydrogen-bond acceptors (Lipinski definition) is 2. The van der Waals surface area contributed by atoms with Crippen LogP contribution in [0.15, 0.2) is 75.1 Å². The predicted molar refractivity (Wildman–Crippen MR) is 145 cm³/mol. The average molecular weight is 536 g/mol. The monoisotopic (exact) mass is 535 g/mol. The van der Waals surface area contributed by atoms with Gasteiger partial charge in [-0.25, -0.2) is 9.98 Å². The maximum atomic E-state index is 5.04. The first kappa shape index (κ1) is 26.2. The predicted octanol–water partition coefficient (Wildman–Crippen LogP) is 9.44. The minimum absolute atomic E-state index is 0.194. The molecule has 3 nitrogen and oxygen atoms in total. The van der Waals surface area contributed by atoms with Gasteiger partial charge in [0.1, 0.15) is 11.4 Å². The van der Waals surface area contributed by atoms with E-state index in [2.05, 4.69) is 88.4 Å². The fourth-order valence-corrected chi connectivity index (χ4v) is 4.09. The van der Waals surface area contributed by atoms with Gasteiger partial charge in [-0.3, -0.25) is 0 Å². The number of aryl methyl sites for hydroxylation is 4. The summed E-state index contributed by atoms with van der Waals surface area (Å²) in [6.07, 6.45) is 0. The van der Waals surface area contributed by atoms with Crippen molar-refractivity contribution >= 4 is 53.8 Å². The van der Waals surface area contributed by atoms with E-state index in [1.807, 2.05) is 13.8 Å². The zero-order valence-electron chi connectivity index (χ0n) is 20.2. The Kier molecular flexibility index (Phi) is 9.16. The van der Waals surface area contributed by atoms with Gasteiger partial charge in [0.2, 0.25) is 0 Å². The Balaban J connectivity index is 0.00000103. The molecule has 0 saturated carbocycles. The molecular weight excluding hydrogens is 507 g/mol. The summed E-state index contributed by atoms with van der Waals surface area (Å²) in [5.41, 5.74) is 8.56. The van der Waals surface area contributed by atoms with Crippen molar-refractivity contribution in [2.45, 2.75) is 41.5 Å². The van der Waals surface area contributed by atoms with Gasteiger partial charge in [0.25, 0.3) is 11.5 Å². The molecule has 4 aromatic rings. The Morgan fingerprint density at radius 3 is 1.26 bits per heavy atom. The van der Waals surface area contributed by atoms with Crippen LogP contribution < -0.4 is 0 Å². The molecule has 178 valence electrons. The van der Waals surface area contributed by atoms with Crippen LogP contribution in [0.1, 0.15) is 47.6 Å². The number of fused-ring (bicyclic) bond motifs is 1. The van der Waals surface area contributed by atoms with Gasteiger partial charge in [0.15, 0.2) is 0 Å². The zero-order chi connectivity index (χ0) is 24.8. The fourth-order valence-electron chi connectivity index (χ4n) is 4.09. The van der Waals surface area contributed by atoms with E-state index in [-0.39, 0.29) is 13.1 Å². The van der Waals surface area contributed by atoms with E-state index in [0.29, 0.717) is 0 Å². The molecule has 1 N–H and O–H groups in total. The molecule has 3 aromatic carbocycles. The van der Waals surface area contributed by atoms with E-state index in [4.69, 9.17) is 34.6 Å². The van der Waals surface area contributed by atoms with Crippen molar-refractivity contribution in [3.8, 4) is 0 Å². The maximum absolute atomic E-state index is 5.04. The van der Waals surface area contributed by atoms with Crippen molar-refractivity contribution in [3.05, 3.63) is 94.4 Å². The van der Waals surface area contributed by atoms with Crippen LogP contribution in [0.5, 0.6) is 0 Å². The van der Waals surface area contributed by atoms with Crippen molar-refractivity contribution in [1.82, 2.24) is 0 Å². The molecule has 0 saturated heterocycles. The Morgan fingerprint density at radius 1 is 0.618 bits per heavy atom. The normalized spacial score (nSPS) is 12.1. The molecule has 4 rings (SSSR count). The summed E-state index contributed by atoms with van der Waals surface area (Å²) < 4.78 is 5.04. The first-order chi connectivity index (χ1) is 16.3. The van der Waals surface area contributed by atoms with Gasteiger partial charge in [0.05, 0.1) is 22.1 Å². The molecule has 0 spiro atoms. The molecule has 0 atom stereocenters. The van der Waals surface area contributed by atoms with E-state index in [1.165, 1.54) is 22.3 Å². The number of halogens is 2. The number of benzene rings is 3. The Labute approximate surface area is 216 Å². The van der Waals surface area contributed by atoms with Gasteiger partial charge in [-0.1, -0.05) is 48.5 Å². The quantitative estimate of drug-likeness (QED) is 0.142. The molecule has 0 amide bonds. The number of para-hydroxylation sites is 2. The summed E-state index contributed by atoms with van der Waals surface area (Å²) in [5.74, 6) is 1.84. The van der Waals surface area contributed by atoms with Gasteiger partial charge in [-0.2, -0.15) is 0 Å². The second kappa shape index (κ2) is 11.9. The van der Waals surface area contributed by atoms with Crippen LogP contribution in [0, 0.1) is 27.7 Å². The molecule has 0 aliphatic rings. The van der Waals surface area contributed by atoms with Crippen LogP contribution in [-0.2, 0) is 13.1 Å². The summed E-state index contributed by atoms with van der Waals surface area (Å²) in [4.78, 5) is 9.96. The van der Waals surface area contributed by atoms with Crippen molar-refractivity contribution in [3.63, 3.8) is 0 Å². The molecular formula is C28H29Cl2FeN2O+. The Bertz CT molecular complexity index is 1230. The molecule has 1 heterocycles. The zero-order valence-corrected chi connectivity index (χ0v) is 22.8. The van der Waals surface area contributed by atoms with Crippen molar-refractivity contribution in [2.24, 2.45) is 9.98 Å². The number of rotatable bonds is 4. The SMILES string of the molecule is CC(=Nc1c(C)cccc1C)c1[oH+]c(C(C)=Nc2c(C)cccc2C)c2ccccc12.[Cl][Fe][Cl]. The molecule has 0 unspecified atom stereocenters. The fraction of sp³-hybridized carbons (Fsp3) is 0.214. The van der Waals surface area contributed by atoms with E-state index < -0.39 is 0 Å². The third-order valence-corrected chi connectivity index (χ3v) is 5.78. The summed E-state index contributed by atoms with van der Waals surface area (Å²) in [6, 6.07) is 20.9. The number of hydrogen-bond donors (Lipinski definition) is 0. The second-order valence-corrected chi connectivity index (χ2v) is 10.1. The van der Waals surface area contributed by atoms with Crippen LogP contribution in [0.3, 0.4) is 0 Å². The number of aliphatic imine (C=N–C) groups is 2. The molecule has 0 bridgehead atoms. The van der Waals surface area contributed by atoms with E-state index >= 15 is 0 Å².